The highest BCUT2D eigenvalue weighted by Gasteiger charge is 2.68. The summed E-state index contributed by atoms with van der Waals surface area (Å²) in [7, 11) is 0. The summed E-state index contributed by atoms with van der Waals surface area (Å²) in [6.45, 7) is 0. The fourth-order valence-corrected chi connectivity index (χ4v) is 11.2. The van der Waals surface area contributed by atoms with E-state index in [1.807, 2.05) is 0 Å². The van der Waals surface area contributed by atoms with Gasteiger partial charge in [-0.2, -0.15) is 0 Å². The molecule has 0 N–H and O–H groups in total. The molecule has 9 aliphatic rings. The van der Waals surface area contributed by atoms with Crippen LogP contribution >= 0.6 is 11.6 Å². The van der Waals surface area contributed by atoms with E-state index in [0.29, 0.717) is 59.2 Å². The molecule has 0 aliphatic heterocycles. The Hall–Kier alpha value is -3.09. The Kier molecular flexibility index (Phi) is 3.59. The zero-order chi connectivity index (χ0) is 24.0. The molecule has 0 aromatic heterocycles. The van der Waals surface area contributed by atoms with Gasteiger partial charge in [-0.15, -0.1) is 0 Å². The number of hydrogen-bond donors (Lipinski definition) is 0. The van der Waals surface area contributed by atoms with Crippen LogP contribution in [-0.2, 0) is 0 Å². The smallest absolute Gasteiger partial charge is 0.0181 e. The van der Waals surface area contributed by atoms with Gasteiger partial charge in [-0.25, -0.2) is 0 Å². The maximum absolute atomic E-state index is 7.40. The molecule has 1 saturated carbocycles. The highest BCUT2D eigenvalue weighted by molar-refractivity contribution is 6.30. The second kappa shape index (κ2) is 6.66. The zero-order valence-corrected chi connectivity index (χ0v) is 21.2. The lowest BCUT2D eigenvalue weighted by Crippen LogP contribution is -2.61. The third-order valence-corrected chi connectivity index (χ3v) is 11.9. The van der Waals surface area contributed by atoms with Crippen LogP contribution in [0, 0.1) is 35.5 Å². The van der Waals surface area contributed by atoms with E-state index in [9.17, 15) is 0 Å². The maximum atomic E-state index is 7.40. The molecule has 1 fully saturated rings. The van der Waals surface area contributed by atoms with Gasteiger partial charge in [0, 0.05) is 34.6 Å². The van der Waals surface area contributed by atoms with Gasteiger partial charge in [-0.3, -0.25) is 0 Å². The minimum Gasteiger partial charge on any atom is -0.0892 e. The Balaban J connectivity index is 1.26. The average molecular weight is 495 g/mol. The summed E-state index contributed by atoms with van der Waals surface area (Å²) in [6, 6.07) is 37.5. The van der Waals surface area contributed by atoms with Crippen molar-refractivity contribution < 1.29 is 0 Å². The van der Waals surface area contributed by atoms with Crippen molar-refractivity contribution in [2.24, 2.45) is 35.5 Å². The van der Waals surface area contributed by atoms with Crippen molar-refractivity contribution >= 4 is 11.6 Å². The second-order valence-corrected chi connectivity index (χ2v) is 12.8. The Labute approximate surface area is 223 Å². The average Bonchev–Trinajstić information content (AvgIpc) is 2.96. The molecule has 4 atom stereocenters. The van der Waals surface area contributed by atoms with Gasteiger partial charge in [0.2, 0.25) is 0 Å². The first-order valence-electron chi connectivity index (χ1n) is 14.1. The Morgan fingerprint density at radius 1 is 0.378 bits per heavy atom. The van der Waals surface area contributed by atoms with Gasteiger partial charge < -0.3 is 0 Å². The summed E-state index contributed by atoms with van der Waals surface area (Å²) in [6.07, 6.45) is 2.55. The van der Waals surface area contributed by atoms with Crippen LogP contribution in [0.2, 0.25) is 0 Å². The first-order chi connectivity index (χ1) is 18.3. The normalized spacial score (nSPS) is 38.0. The molecule has 37 heavy (non-hydrogen) atoms. The fourth-order valence-electron chi connectivity index (χ4n) is 10.8. The predicted molar refractivity (Wildman–Crippen MR) is 148 cm³/mol. The lowest BCUT2D eigenvalue weighted by molar-refractivity contribution is -0.0497. The molecule has 0 amide bonds. The molecule has 4 aromatic rings. The van der Waals surface area contributed by atoms with Crippen molar-refractivity contribution in [2.75, 3.05) is 0 Å². The molecular weight excluding hydrogens is 468 g/mol. The van der Waals surface area contributed by atoms with E-state index < -0.39 is 0 Å². The molecule has 0 heterocycles. The topological polar surface area (TPSA) is 0 Å². The molecule has 0 unspecified atom stereocenters. The summed E-state index contributed by atoms with van der Waals surface area (Å²) in [5, 5.41) is 1.16. The van der Waals surface area contributed by atoms with Crippen molar-refractivity contribution in [2.45, 2.75) is 23.7 Å². The summed E-state index contributed by atoms with van der Waals surface area (Å²) in [5.74, 6) is 5.19. The number of benzene rings is 4. The minimum atomic E-state index is 0.421. The van der Waals surface area contributed by atoms with Crippen LogP contribution in [-0.4, -0.2) is 0 Å². The van der Waals surface area contributed by atoms with Crippen molar-refractivity contribution in [1.29, 1.82) is 0 Å². The second-order valence-electron chi connectivity index (χ2n) is 12.4. The van der Waals surface area contributed by atoms with Crippen molar-refractivity contribution in [3.05, 3.63) is 153 Å². The number of halogens is 1. The lowest BCUT2D eigenvalue weighted by Gasteiger charge is -2.68. The van der Waals surface area contributed by atoms with Crippen LogP contribution in [0.1, 0.15) is 68.2 Å². The molecule has 178 valence electrons. The SMILES string of the molecule is ClC1=CC2[C@@H]3C4c5ccccc5C(c5ccccc54)[C@@H]3C1[C@H]1C3c4ccccc4C(c4ccccc43)[C@@H]21. The minimum absolute atomic E-state index is 0.421. The van der Waals surface area contributed by atoms with E-state index in [1.165, 1.54) is 0 Å². The molecule has 13 rings (SSSR count). The first kappa shape index (κ1) is 19.9. The molecular formula is C36H27Cl. The van der Waals surface area contributed by atoms with Gasteiger partial charge in [-0.05, 0) is 74.1 Å². The molecule has 6 bridgehead atoms. The Bertz CT molecular complexity index is 1470. The van der Waals surface area contributed by atoms with E-state index in [-0.39, 0.29) is 0 Å². The molecule has 4 aromatic carbocycles. The highest BCUT2D eigenvalue weighted by Crippen LogP contribution is 2.76. The van der Waals surface area contributed by atoms with Gasteiger partial charge in [0.1, 0.15) is 0 Å². The summed E-state index contributed by atoms with van der Waals surface area (Å²) in [5.41, 5.74) is 12.6. The van der Waals surface area contributed by atoms with E-state index in [1.54, 1.807) is 44.5 Å². The molecule has 0 saturated heterocycles. The highest BCUT2D eigenvalue weighted by atomic mass is 35.5. The standard InChI is InChI=1S/C36H27Cl/c37-27-17-26-32-28-18-9-1-5-13-22(18)30(23-14-6-2-10-19(23)28)35(32)34(27)36-31-24-15-7-3-11-20(24)29(33(26)36)21-12-4-8-16-25(21)31/h1-17,26,28-36H/t26?,28?,29?,30?,31?,32-,33-,34?,35+,36+/m1/s1. The van der Waals surface area contributed by atoms with Crippen LogP contribution in [0.25, 0.3) is 0 Å². The van der Waals surface area contributed by atoms with E-state index in [0.717, 1.165) is 5.03 Å². The van der Waals surface area contributed by atoms with Crippen molar-refractivity contribution in [1.82, 2.24) is 0 Å². The molecule has 1 heteroatoms. The molecule has 0 spiro atoms. The van der Waals surface area contributed by atoms with Crippen molar-refractivity contribution in [3.63, 3.8) is 0 Å². The van der Waals surface area contributed by atoms with E-state index >= 15 is 0 Å². The molecule has 9 aliphatic carbocycles. The van der Waals surface area contributed by atoms with Gasteiger partial charge in [0.05, 0.1) is 0 Å². The molecule has 0 nitrogen and oxygen atoms in total. The number of allylic oxidation sites excluding steroid dienone is 2. The van der Waals surface area contributed by atoms with E-state index in [2.05, 4.69) is 103 Å². The Morgan fingerprint density at radius 3 is 0.946 bits per heavy atom. The first-order valence-corrected chi connectivity index (χ1v) is 14.4. The third-order valence-electron chi connectivity index (χ3n) is 11.5. The number of rotatable bonds is 0. The lowest BCUT2D eigenvalue weighted by atomic mass is 9.35. The Morgan fingerprint density at radius 2 is 0.649 bits per heavy atom. The third kappa shape index (κ3) is 2.15. The van der Waals surface area contributed by atoms with Crippen LogP contribution in [0.4, 0.5) is 0 Å². The summed E-state index contributed by atoms with van der Waals surface area (Å²) in [4.78, 5) is 0. The quantitative estimate of drug-likeness (QED) is 0.230. The zero-order valence-electron chi connectivity index (χ0n) is 20.5. The maximum Gasteiger partial charge on any atom is 0.0181 e. The summed E-state index contributed by atoms with van der Waals surface area (Å²) >= 11 is 7.40. The van der Waals surface area contributed by atoms with Gasteiger partial charge in [0.15, 0.2) is 0 Å². The van der Waals surface area contributed by atoms with Gasteiger partial charge >= 0.3 is 0 Å². The monoisotopic (exact) mass is 494 g/mol. The van der Waals surface area contributed by atoms with E-state index in [4.69, 9.17) is 11.6 Å². The van der Waals surface area contributed by atoms with Crippen LogP contribution in [0.5, 0.6) is 0 Å². The van der Waals surface area contributed by atoms with Gasteiger partial charge in [-0.1, -0.05) is 115 Å². The van der Waals surface area contributed by atoms with Crippen LogP contribution in [0.15, 0.2) is 108 Å². The van der Waals surface area contributed by atoms with Crippen LogP contribution < -0.4 is 0 Å². The fraction of sp³-hybridized carbons (Fsp3) is 0.278. The largest absolute Gasteiger partial charge is 0.0892 e. The van der Waals surface area contributed by atoms with Crippen LogP contribution in [0.3, 0.4) is 0 Å². The summed E-state index contributed by atoms with van der Waals surface area (Å²) < 4.78 is 0. The predicted octanol–water partition coefficient (Wildman–Crippen LogP) is 8.42. The van der Waals surface area contributed by atoms with Gasteiger partial charge in [0.25, 0.3) is 0 Å². The number of hydrogen-bond acceptors (Lipinski definition) is 0. The molecule has 0 radical (unpaired) electrons. The van der Waals surface area contributed by atoms with Crippen molar-refractivity contribution in [3.8, 4) is 0 Å².